The Morgan fingerprint density at radius 1 is 1.36 bits per heavy atom. The van der Waals surface area contributed by atoms with Crippen molar-refractivity contribution in [1.82, 2.24) is 5.43 Å². The topological polar surface area (TPSA) is 47.3 Å². The largest absolute Gasteiger partial charge is 0.380 e. The summed E-state index contributed by atoms with van der Waals surface area (Å²) in [6.45, 7) is 2.08. The van der Waals surface area contributed by atoms with E-state index in [0.717, 1.165) is 12.3 Å². The van der Waals surface area contributed by atoms with E-state index in [1.165, 1.54) is 32.1 Å². The van der Waals surface area contributed by atoms with Crippen LogP contribution in [0.3, 0.4) is 0 Å². The molecule has 0 aromatic carbocycles. The molecule has 0 spiro atoms. The minimum atomic E-state index is 0.210. The molecule has 14 heavy (non-hydrogen) atoms. The van der Waals surface area contributed by atoms with Crippen molar-refractivity contribution in [3.05, 3.63) is 0 Å². The highest BCUT2D eigenvalue weighted by atomic mass is 16.5. The molecule has 2 unspecified atom stereocenters. The number of nitrogens with one attached hydrogen (secondary N) is 1. The fourth-order valence-electron chi connectivity index (χ4n) is 2.34. The summed E-state index contributed by atoms with van der Waals surface area (Å²) in [5.41, 5.74) is 2.88. The molecule has 1 aliphatic carbocycles. The molecule has 1 aliphatic rings. The lowest BCUT2D eigenvalue weighted by Gasteiger charge is -2.28. The Hall–Kier alpha value is -0.120. The van der Waals surface area contributed by atoms with Gasteiger partial charge in [-0.25, -0.2) is 0 Å². The van der Waals surface area contributed by atoms with Gasteiger partial charge in [-0.3, -0.25) is 11.3 Å². The molecule has 0 aliphatic heterocycles. The molecule has 0 bridgehead atoms. The quantitative estimate of drug-likeness (QED) is 0.526. The standard InChI is InChI=1S/C11H24N2O/c1-9(14-2)11(13-12)8-10-6-4-3-5-7-10/h9-11,13H,3-8,12H2,1-2H3. The molecule has 1 rings (SSSR count). The maximum Gasteiger partial charge on any atom is 0.0709 e. The number of hydrogen-bond donors (Lipinski definition) is 2. The third-order valence-electron chi connectivity index (χ3n) is 3.46. The summed E-state index contributed by atoms with van der Waals surface area (Å²) >= 11 is 0. The summed E-state index contributed by atoms with van der Waals surface area (Å²) in [5, 5.41) is 0. The van der Waals surface area contributed by atoms with E-state index in [4.69, 9.17) is 10.6 Å². The van der Waals surface area contributed by atoms with Crippen LogP contribution < -0.4 is 11.3 Å². The Labute approximate surface area is 87.4 Å². The molecular weight excluding hydrogens is 176 g/mol. The van der Waals surface area contributed by atoms with E-state index in [-0.39, 0.29) is 6.10 Å². The van der Waals surface area contributed by atoms with E-state index in [1.54, 1.807) is 7.11 Å². The average Bonchev–Trinajstić information content (AvgIpc) is 2.26. The monoisotopic (exact) mass is 200 g/mol. The molecule has 3 heteroatoms. The lowest BCUT2D eigenvalue weighted by atomic mass is 9.84. The zero-order valence-corrected chi connectivity index (χ0v) is 9.46. The number of hydrogen-bond acceptors (Lipinski definition) is 3. The average molecular weight is 200 g/mol. The molecule has 0 heterocycles. The van der Waals surface area contributed by atoms with Crippen molar-refractivity contribution in [3.63, 3.8) is 0 Å². The van der Waals surface area contributed by atoms with Crippen LogP contribution in [0, 0.1) is 5.92 Å². The fraction of sp³-hybridized carbons (Fsp3) is 1.00. The molecule has 0 saturated heterocycles. The summed E-state index contributed by atoms with van der Waals surface area (Å²) in [6, 6.07) is 0.308. The van der Waals surface area contributed by atoms with Gasteiger partial charge >= 0.3 is 0 Å². The predicted octanol–water partition coefficient (Wildman–Crippen LogP) is 1.82. The van der Waals surface area contributed by atoms with E-state index in [2.05, 4.69) is 12.3 Å². The van der Waals surface area contributed by atoms with Gasteiger partial charge < -0.3 is 4.74 Å². The highest BCUT2D eigenvalue weighted by molar-refractivity contribution is 4.77. The van der Waals surface area contributed by atoms with Crippen molar-refractivity contribution in [2.45, 2.75) is 57.6 Å². The second kappa shape index (κ2) is 6.38. The lowest BCUT2D eigenvalue weighted by Crippen LogP contribution is -2.44. The van der Waals surface area contributed by atoms with Crippen LogP contribution >= 0.6 is 0 Å². The maximum atomic E-state index is 5.54. The number of methoxy groups -OCH3 is 1. The van der Waals surface area contributed by atoms with Crippen LogP contribution in [0.1, 0.15) is 45.4 Å². The van der Waals surface area contributed by atoms with Gasteiger partial charge in [0.15, 0.2) is 0 Å². The fourth-order valence-corrected chi connectivity index (χ4v) is 2.34. The number of ether oxygens (including phenoxy) is 1. The maximum absolute atomic E-state index is 5.54. The van der Waals surface area contributed by atoms with Crippen LogP contribution in [0.4, 0.5) is 0 Å². The van der Waals surface area contributed by atoms with Crippen molar-refractivity contribution in [1.29, 1.82) is 0 Å². The van der Waals surface area contributed by atoms with Crippen molar-refractivity contribution < 1.29 is 4.74 Å². The van der Waals surface area contributed by atoms with E-state index in [0.29, 0.717) is 6.04 Å². The molecular formula is C11H24N2O. The van der Waals surface area contributed by atoms with Crippen molar-refractivity contribution >= 4 is 0 Å². The molecule has 1 fully saturated rings. The Balaban J connectivity index is 2.30. The van der Waals surface area contributed by atoms with E-state index in [9.17, 15) is 0 Å². The van der Waals surface area contributed by atoms with Gasteiger partial charge in [0.1, 0.15) is 0 Å². The number of nitrogens with two attached hydrogens (primary N) is 1. The molecule has 1 saturated carbocycles. The first kappa shape index (κ1) is 12.0. The molecule has 2 atom stereocenters. The lowest BCUT2D eigenvalue weighted by molar-refractivity contribution is 0.0709. The van der Waals surface area contributed by atoms with Crippen LogP contribution in [-0.2, 0) is 4.74 Å². The van der Waals surface area contributed by atoms with Gasteiger partial charge in [-0.05, 0) is 19.3 Å². The summed E-state index contributed by atoms with van der Waals surface area (Å²) in [7, 11) is 1.75. The molecule has 0 amide bonds. The predicted molar refractivity (Wildman–Crippen MR) is 58.8 cm³/mol. The molecule has 0 radical (unpaired) electrons. The molecule has 3 N–H and O–H groups in total. The van der Waals surface area contributed by atoms with Crippen LogP contribution in [0.15, 0.2) is 0 Å². The number of hydrazine groups is 1. The zero-order chi connectivity index (χ0) is 10.4. The van der Waals surface area contributed by atoms with Crippen LogP contribution in [-0.4, -0.2) is 19.3 Å². The zero-order valence-electron chi connectivity index (χ0n) is 9.46. The summed E-state index contributed by atoms with van der Waals surface area (Å²) in [6.07, 6.45) is 8.31. The Morgan fingerprint density at radius 3 is 2.50 bits per heavy atom. The van der Waals surface area contributed by atoms with Gasteiger partial charge in [0.05, 0.1) is 6.10 Å². The third kappa shape index (κ3) is 3.56. The second-order valence-electron chi connectivity index (χ2n) is 4.45. The highest BCUT2D eigenvalue weighted by Gasteiger charge is 2.21. The minimum Gasteiger partial charge on any atom is -0.380 e. The Kier molecular flexibility index (Phi) is 5.45. The summed E-state index contributed by atoms with van der Waals surface area (Å²) in [4.78, 5) is 0. The van der Waals surface area contributed by atoms with Crippen molar-refractivity contribution in [3.8, 4) is 0 Å². The van der Waals surface area contributed by atoms with Gasteiger partial charge in [-0.1, -0.05) is 32.1 Å². The normalized spacial score (nSPS) is 23.4. The van der Waals surface area contributed by atoms with Gasteiger partial charge in [0.25, 0.3) is 0 Å². The minimum absolute atomic E-state index is 0.210. The van der Waals surface area contributed by atoms with Crippen LogP contribution in [0.25, 0.3) is 0 Å². The first-order valence-electron chi connectivity index (χ1n) is 5.76. The van der Waals surface area contributed by atoms with Crippen LogP contribution in [0.2, 0.25) is 0 Å². The first-order valence-corrected chi connectivity index (χ1v) is 5.76. The SMILES string of the molecule is COC(C)C(CC1CCCCC1)NN. The third-order valence-corrected chi connectivity index (χ3v) is 3.46. The van der Waals surface area contributed by atoms with E-state index < -0.39 is 0 Å². The first-order chi connectivity index (χ1) is 6.77. The Bertz CT molecular complexity index is 146. The molecule has 84 valence electrons. The Morgan fingerprint density at radius 2 is 2.00 bits per heavy atom. The van der Waals surface area contributed by atoms with Gasteiger partial charge in [-0.2, -0.15) is 0 Å². The van der Waals surface area contributed by atoms with Crippen molar-refractivity contribution in [2.24, 2.45) is 11.8 Å². The molecule has 0 aromatic rings. The van der Waals surface area contributed by atoms with Gasteiger partial charge in [0, 0.05) is 13.2 Å². The highest BCUT2D eigenvalue weighted by Crippen LogP contribution is 2.27. The van der Waals surface area contributed by atoms with E-state index in [1.807, 2.05) is 0 Å². The number of rotatable bonds is 5. The van der Waals surface area contributed by atoms with Crippen molar-refractivity contribution in [2.75, 3.05) is 7.11 Å². The van der Waals surface area contributed by atoms with Crippen LogP contribution in [0.5, 0.6) is 0 Å². The van der Waals surface area contributed by atoms with Gasteiger partial charge in [-0.15, -0.1) is 0 Å². The van der Waals surface area contributed by atoms with Gasteiger partial charge in [0.2, 0.25) is 0 Å². The van der Waals surface area contributed by atoms with E-state index >= 15 is 0 Å². The molecule has 0 aromatic heterocycles. The summed E-state index contributed by atoms with van der Waals surface area (Å²) < 4.78 is 5.30. The second-order valence-corrected chi connectivity index (χ2v) is 4.45. The molecule has 3 nitrogen and oxygen atoms in total. The summed E-state index contributed by atoms with van der Waals surface area (Å²) in [5.74, 6) is 6.39. The smallest absolute Gasteiger partial charge is 0.0709 e.